The predicted molar refractivity (Wildman–Crippen MR) is 142 cm³/mol. The lowest BCUT2D eigenvalue weighted by Gasteiger charge is -2.38. The van der Waals surface area contributed by atoms with Gasteiger partial charge in [-0.15, -0.1) is 0 Å². The van der Waals surface area contributed by atoms with E-state index >= 15 is 0 Å². The highest BCUT2D eigenvalue weighted by Crippen LogP contribution is 2.30. The number of nitrogens with zero attached hydrogens (tertiary/aromatic N) is 3. The molecule has 192 valence electrons. The minimum Gasteiger partial charge on any atom is -0.465 e. The molecule has 0 fully saturated rings. The van der Waals surface area contributed by atoms with E-state index in [1.54, 1.807) is 70.2 Å². The van der Waals surface area contributed by atoms with Crippen LogP contribution in [0.3, 0.4) is 0 Å². The Kier molecular flexibility index (Phi) is 7.36. The number of hydrogen-bond acceptors (Lipinski definition) is 4. The zero-order valence-electron chi connectivity index (χ0n) is 21.5. The van der Waals surface area contributed by atoms with Crippen molar-refractivity contribution in [2.45, 2.75) is 65.6 Å². The van der Waals surface area contributed by atoms with Crippen molar-refractivity contribution in [1.29, 1.82) is 0 Å². The van der Waals surface area contributed by atoms with E-state index in [1.165, 1.54) is 9.47 Å². The van der Waals surface area contributed by atoms with Crippen LogP contribution in [0, 0.1) is 0 Å². The summed E-state index contributed by atoms with van der Waals surface area (Å²) in [7, 11) is 0. The summed E-state index contributed by atoms with van der Waals surface area (Å²) in [5.74, 6) is 0.225. The second-order valence-corrected chi connectivity index (χ2v) is 11.0. The molecule has 1 aromatic heterocycles. The Morgan fingerprint density at radius 3 is 2.31 bits per heavy atom. The van der Waals surface area contributed by atoms with Crippen LogP contribution < -0.4 is 16.2 Å². The normalized spacial score (nSPS) is 12.8. The highest BCUT2D eigenvalue weighted by Gasteiger charge is 2.34. The average molecular weight is 514 g/mol. The van der Waals surface area contributed by atoms with E-state index in [4.69, 9.17) is 16.6 Å². The Bertz CT molecular complexity index is 1370. The lowest BCUT2D eigenvalue weighted by Crippen LogP contribution is -2.47. The highest BCUT2D eigenvalue weighted by molar-refractivity contribution is 6.35. The van der Waals surface area contributed by atoms with E-state index in [9.17, 15) is 19.5 Å². The van der Waals surface area contributed by atoms with E-state index in [2.05, 4.69) is 10.6 Å². The number of nitrogens with one attached hydrogen (secondary N) is 2. The highest BCUT2D eigenvalue weighted by atomic mass is 35.5. The maximum absolute atomic E-state index is 13.8. The minimum atomic E-state index is -1.14. The third-order valence-corrected chi connectivity index (χ3v) is 5.73. The van der Waals surface area contributed by atoms with Gasteiger partial charge in [-0.3, -0.25) is 14.3 Å². The van der Waals surface area contributed by atoms with Gasteiger partial charge in [0.05, 0.1) is 27.7 Å². The zero-order valence-corrected chi connectivity index (χ0v) is 22.3. The fourth-order valence-corrected chi connectivity index (χ4v) is 4.36. The second kappa shape index (κ2) is 9.81. The number of fused-ring (bicyclic) bond motifs is 1. The van der Waals surface area contributed by atoms with Gasteiger partial charge in [-0.1, -0.05) is 23.7 Å². The molecule has 2 aromatic carbocycles. The number of rotatable bonds is 4. The van der Waals surface area contributed by atoms with Crippen LogP contribution >= 0.6 is 11.6 Å². The number of carboxylic acid groups (broad SMARTS) is 1. The number of aromatic nitrogens is 2. The van der Waals surface area contributed by atoms with Crippen LogP contribution in [0.1, 0.15) is 60.3 Å². The van der Waals surface area contributed by atoms with Crippen LogP contribution in [-0.4, -0.2) is 42.8 Å². The number of amides is 3. The Balaban J connectivity index is 2.25. The SMILES string of the molecule is CC(c1nc2cccc(Cl)c2c(=O)n1-c1cccc(NC(=O)NC(C)(C)C)c1)N(C(=O)O)C(C)(C)C. The van der Waals surface area contributed by atoms with Crippen LogP contribution in [0.4, 0.5) is 15.3 Å². The van der Waals surface area contributed by atoms with Gasteiger partial charge in [0.25, 0.3) is 5.56 Å². The molecule has 3 amide bonds. The maximum atomic E-state index is 13.8. The summed E-state index contributed by atoms with van der Waals surface area (Å²) in [5.41, 5.74) is -0.431. The first kappa shape index (κ1) is 27.0. The number of halogens is 1. The first-order chi connectivity index (χ1) is 16.6. The maximum Gasteiger partial charge on any atom is 0.408 e. The number of carbonyl (C=O) groups excluding carboxylic acids is 1. The van der Waals surface area contributed by atoms with Gasteiger partial charge in [-0.2, -0.15) is 0 Å². The molecule has 0 aliphatic carbocycles. The van der Waals surface area contributed by atoms with Gasteiger partial charge in [0.15, 0.2) is 0 Å². The fourth-order valence-electron chi connectivity index (χ4n) is 4.11. The van der Waals surface area contributed by atoms with Crippen LogP contribution in [0.2, 0.25) is 5.02 Å². The molecule has 9 nitrogen and oxygen atoms in total. The van der Waals surface area contributed by atoms with Gasteiger partial charge >= 0.3 is 12.1 Å². The van der Waals surface area contributed by atoms with Crippen molar-refractivity contribution in [2.24, 2.45) is 0 Å². The topological polar surface area (TPSA) is 117 Å². The first-order valence-electron chi connectivity index (χ1n) is 11.5. The molecular formula is C26H32ClN5O4. The Morgan fingerprint density at radius 1 is 1.08 bits per heavy atom. The van der Waals surface area contributed by atoms with E-state index in [0.717, 1.165) is 0 Å². The van der Waals surface area contributed by atoms with Crippen molar-refractivity contribution >= 4 is 40.3 Å². The van der Waals surface area contributed by atoms with Crippen LogP contribution in [0.25, 0.3) is 16.6 Å². The van der Waals surface area contributed by atoms with Crippen molar-refractivity contribution in [3.63, 3.8) is 0 Å². The largest absolute Gasteiger partial charge is 0.465 e. The van der Waals surface area contributed by atoms with Gasteiger partial charge in [-0.05, 0) is 78.8 Å². The van der Waals surface area contributed by atoms with E-state index < -0.39 is 34.8 Å². The van der Waals surface area contributed by atoms with E-state index in [0.29, 0.717) is 16.9 Å². The van der Waals surface area contributed by atoms with Gasteiger partial charge in [0, 0.05) is 16.8 Å². The summed E-state index contributed by atoms with van der Waals surface area (Å²) < 4.78 is 1.35. The smallest absolute Gasteiger partial charge is 0.408 e. The second-order valence-electron chi connectivity index (χ2n) is 10.6. The number of urea groups is 1. The molecule has 0 saturated carbocycles. The standard InChI is InChI=1S/C26H32ClN5O4/c1-15(32(24(35)36)26(5,6)7)21-29-19-13-9-12-18(27)20(19)22(33)31(21)17-11-8-10-16(14-17)28-23(34)30-25(2,3)4/h8-15H,1-7H3,(H,35,36)(H2,28,30,34). The Morgan fingerprint density at radius 2 is 1.72 bits per heavy atom. The first-order valence-corrected chi connectivity index (χ1v) is 11.9. The molecule has 1 unspecified atom stereocenters. The predicted octanol–water partition coefficient (Wildman–Crippen LogP) is 5.80. The third-order valence-electron chi connectivity index (χ3n) is 5.41. The van der Waals surface area contributed by atoms with Crippen molar-refractivity contribution in [2.75, 3.05) is 5.32 Å². The lowest BCUT2D eigenvalue weighted by atomic mass is 10.0. The molecule has 0 aliphatic heterocycles. The molecule has 10 heteroatoms. The van der Waals surface area contributed by atoms with E-state index in [-0.39, 0.29) is 16.2 Å². The van der Waals surface area contributed by atoms with Gasteiger partial charge in [0.1, 0.15) is 5.82 Å². The molecule has 3 N–H and O–H groups in total. The Hall–Kier alpha value is -3.59. The molecule has 3 aromatic rings. The molecule has 3 rings (SSSR count). The van der Waals surface area contributed by atoms with Crippen LogP contribution in [0.15, 0.2) is 47.3 Å². The van der Waals surface area contributed by atoms with Crippen molar-refractivity contribution < 1.29 is 14.7 Å². The molecule has 1 atom stereocenters. The molecule has 0 bridgehead atoms. The third kappa shape index (κ3) is 5.79. The van der Waals surface area contributed by atoms with Crippen molar-refractivity contribution in [3.05, 3.63) is 63.7 Å². The summed E-state index contributed by atoms with van der Waals surface area (Å²) in [6, 6.07) is 10.5. The molecule has 0 saturated heterocycles. The molecule has 0 spiro atoms. The molecule has 0 radical (unpaired) electrons. The molecule has 36 heavy (non-hydrogen) atoms. The number of anilines is 1. The zero-order chi connectivity index (χ0) is 27.0. The number of carbonyl (C=O) groups is 2. The quantitative estimate of drug-likeness (QED) is 0.407. The molecule has 0 aliphatic rings. The fraction of sp³-hybridized carbons (Fsp3) is 0.385. The van der Waals surface area contributed by atoms with Gasteiger partial charge in [0.2, 0.25) is 0 Å². The molecule has 1 heterocycles. The summed E-state index contributed by atoms with van der Waals surface area (Å²) in [6.07, 6.45) is -1.14. The minimum absolute atomic E-state index is 0.219. The average Bonchev–Trinajstić information content (AvgIpc) is 2.70. The summed E-state index contributed by atoms with van der Waals surface area (Å²) in [6.45, 7) is 12.6. The van der Waals surface area contributed by atoms with Crippen molar-refractivity contribution in [3.8, 4) is 5.69 Å². The summed E-state index contributed by atoms with van der Waals surface area (Å²) in [5, 5.41) is 16.1. The van der Waals surface area contributed by atoms with Crippen molar-refractivity contribution in [1.82, 2.24) is 19.8 Å². The van der Waals surface area contributed by atoms with Crippen LogP contribution in [0.5, 0.6) is 0 Å². The summed E-state index contributed by atoms with van der Waals surface area (Å²) in [4.78, 5) is 44.4. The lowest BCUT2D eigenvalue weighted by molar-refractivity contribution is 0.0719. The van der Waals surface area contributed by atoms with Gasteiger partial charge < -0.3 is 15.7 Å². The monoisotopic (exact) mass is 513 g/mol. The number of hydrogen-bond donors (Lipinski definition) is 3. The Labute approximate surface area is 215 Å². The van der Waals surface area contributed by atoms with Crippen LogP contribution in [-0.2, 0) is 0 Å². The number of benzene rings is 2. The van der Waals surface area contributed by atoms with E-state index in [1.807, 2.05) is 20.8 Å². The van der Waals surface area contributed by atoms with Gasteiger partial charge in [-0.25, -0.2) is 14.6 Å². The molecular weight excluding hydrogens is 482 g/mol. The summed E-state index contributed by atoms with van der Waals surface area (Å²) >= 11 is 6.38.